The van der Waals surface area contributed by atoms with Crippen LogP contribution in [0, 0.1) is 0 Å². The molecule has 6 saturated heterocycles. The molecule has 0 aliphatic carbocycles. The van der Waals surface area contributed by atoms with E-state index in [0.717, 1.165) is 4.90 Å². The van der Waals surface area contributed by atoms with Gasteiger partial charge in [0, 0.05) is 26.2 Å². The van der Waals surface area contributed by atoms with Crippen LogP contribution in [0.3, 0.4) is 0 Å². The molecule has 0 aromatic heterocycles. The molecule has 6 aliphatic heterocycles. The number of ether oxygens (including phenoxy) is 1. The molecule has 0 aromatic rings. The summed E-state index contributed by atoms with van der Waals surface area (Å²) in [5.74, 6) is -1.03. The van der Waals surface area contributed by atoms with E-state index < -0.39 is 86.6 Å². The molecule has 6 rings (SSSR count). The van der Waals surface area contributed by atoms with Gasteiger partial charge in [0.1, 0.15) is 29.9 Å². The number of carbonyl (C=O) groups excluding carboxylic acids is 5. The Morgan fingerprint density at radius 1 is 0.647 bits per heavy atom. The van der Waals surface area contributed by atoms with E-state index in [1.54, 1.807) is 20.8 Å². The first-order valence-electron chi connectivity index (χ1n) is 23.9. The maximum atomic E-state index is 12.4. The predicted molar refractivity (Wildman–Crippen MR) is 243 cm³/mol. The second-order valence-corrected chi connectivity index (χ2v) is 21.1. The van der Waals surface area contributed by atoms with E-state index in [1.807, 2.05) is 0 Å². The van der Waals surface area contributed by atoms with Crippen LogP contribution in [0.1, 0.15) is 126 Å². The van der Waals surface area contributed by atoms with E-state index in [2.05, 4.69) is 52.5 Å². The Hall–Kier alpha value is -3.67. The van der Waals surface area contributed by atoms with Crippen molar-refractivity contribution in [1.82, 2.24) is 41.1 Å². The molecule has 6 heterocycles. The van der Waals surface area contributed by atoms with Gasteiger partial charge in [-0.15, -0.1) is 8.57 Å². The van der Waals surface area contributed by atoms with Gasteiger partial charge in [-0.25, -0.2) is 25.3 Å². The zero-order chi connectivity index (χ0) is 50.5. The van der Waals surface area contributed by atoms with Gasteiger partial charge in [0.2, 0.25) is 0 Å². The number of fused-ring (bicyclic) bond motifs is 4. The third-order valence-corrected chi connectivity index (χ3v) is 13.1. The number of carbonyl (C=O) groups is 5. The highest BCUT2D eigenvalue weighted by atomic mass is 32.3. The smallest absolute Gasteiger partial charge is 0.418 e. The van der Waals surface area contributed by atoms with Crippen molar-refractivity contribution in [1.29, 1.82) is 0 Å². The van der Waals surface area contributed by atoms with Gasteiger partial charge in [-0.1, -0.05) is 53.4 Å². The zero-order valence-electron chi connectivity index (χ0n) is 40.6. The van der Waals surface area contributed by atoms with Crippen molar-refractivity contribution >= 4 is 50.8 Å². The highest BCUT2D eigenvalue weighted by molar-refractivity contribution is 7.81. The second kappa shape index (κ2) is 25.4. The van der Waals surface area contributed by atoms with Gasteiger partial charge >= 0.3 is 39.0 Å². The molecule has 4 bridgehead atoms. The summed E-state index contributed by atoms with van der Waals surface area (Å²) < 4.78 is 76.0. The lowest BCUT2D eigenvalue weighted by Crippen LogP contribution is -2.58. The number of hydrogen-bond acceptors (Lipinski definition) is 15. The largest absolute Gasteiger partial charge is 0.444 e. The van der Waals surface area contributed by atoms with Gasteiger partial charge in [-0.3, -0.25) is 28.4 Å². The van der Waals surface area contributed by atoms with Crippen molar-refractivity contribution < 1.29 is 77.4 Å². The highest BCUT2D eigenvalue weighted by Crippen LogP contribution is 2.32. The van der Waals surface area contributed by atoms with Crippen LogP contribution in [0.4, 0.5) is 14.4 Å². The summed E-state index contributed by atoms with van der Waals surface area (Å²) >= 11 is 0. The summed E-state index contributed by atoms with van der Waals surface area (Å²) in [4.78, 5) is 75.0. The topological polar surface area (TPSA) is 293 Å². The quantitative estimate of drug-likeness (QED) is 0.0592. The average Bonchev–Trinajstić information content (AvgIpc) is 3.59. The van der Waals surface area contributed by atoms with E-state index in [-0.39, 0.29) is 38.7 Å². The molecule has 0 aromatic carbocycles. The number of likely N-dealkylation sites (tertiary alicyclic amines) is 1. The lowest BCUT2D eigenvalue weighted by Gasteiger charge is -2.39. The van der Waals surface area contributed by atoms with Crippen LogP contribution in [0.2, 0.25) is 0 Å². The van der Waals surface area contributed by atoms with Crippen molar-refractivity contribution in [2.24, 2.45) is 0 Å². The van der Waals surface area contributed by atoms with Crippen LogP contribution in [0.15, 0.2) is 0 Å². The Morgan fingerprint density at radius 2 is 1.03 bits per heavy atom. The van der Waals surface area contributed by atoms with Crippen molar-refractivity contribution in [3.05, 3.63) is 0 Å². The molecule has 0 radical (unpaired) electrons. The predicted octanol–water partition coefficient (Wildman–Crippen LogP) is 2.67. The number of amides is 7. The van der Waals surface area contributed by atoms with Gasteiger partial charge in [-0.2, -0.15) is 27.0 Å². The van der Waals surface area contributed by atoms with Crippen molar-refractivity contribution in [3.63, 3.8) is 0 Å². The van der Waals surface area contributed by atoms with Gasteiger partial charge in [0.15, 0.2) is 0 Å². The SMILES string of the molecule is CC(C)(C)OC(=O)N1CC(ONC(=O)[C@@H]2CC[C@@H]3CN2C(=O)N3OS(=O)(=O)O)C1.CCCC[N+](CCCC)(CCCC)CCCC.O=C(NOC1CNC1)[C@@H]1CC[C@@H]2CN1C(=O)N2OS(=O)(=O)O. The van der Waals surface area contributed by atoms with Crippen LogP contribution in [-0.4, -0.2) is 193 Å². The minimum Gasteiger partial charge on any atom is -0.444 e. The lowest BCUT2D eigenvalue weighted by molar-refractivity contribution is -0.929. The molecule has 5 N–H and O–H groups in total. The first-order chi connectivity index (χ1) is 31.9. The number of unbranched alkanes of at least 4 members (excludes halogenated alkanes) is 4. The second-order valence-electron chi connectivity index (χ2n) is 19.1. The molecule has 7 amide bonds. The minimum absolute atomic E-state index is 0.0856. The highest BCUT2D eigenvalue weighted by Gasteiger charge is 2.51. The molecule has 4 atom stereocenters. The zero-order valence-corrected chi connectivity index (χ0v) is 42.3. The maximum Gasteiger partial charge on any atom is 0.418 e. The third kappa shape index (κ3) is 17.0. The van der Waals surface area contributed by atoms with Crippen LogP contribution >= 0.6 is 0 Å². The molecule has 0 saturated carbocycles. The van der Waals surface area contributed by atoms with Gasteiger partial charge in [0.25, 0.3) is 11.8 Å². The lowest BCUT2D eigenvalue weighted by atomic mass is 10.0. The van der Waals surface area contributed by atoms with Crippen LogP contribution in [0.5, 0.6) is 0 Å². The molecule has 392 valence electrons. The number of quaternary nitrogens is 1. The van der Waals surface area contributed by atoms with Gasteiger partial charge < -0.3 is 29.2 Å². The molecule has 0 spiro atoms. The monoisotopic (exact) mass is 1010 g/mol. The first-order valence-corrected chi connectivity index (χ1v) is 26.6. The van der Waals surface area contributed by atoms with Crippen LogP contribution in [0.25, 0.3) is 0 Å². The molecule has 27 heteroatoms. The Kier molecular flexibility index (Phi) is 21.3. The van der Waals surface area contributed by atoms with E-state index in [1.165, 1.54) is 91.8 Å². The first kappa shape index (κ1) is 56.9. The Bertz CT molecular complexity index is 1880. The standard InChI is InChI=1S/C16H36N.C15H24N4O9S.C10H16N4O7S/c1-5-9-13-17(14-10-6-2,15-11-7-3)16-12-8-4;1-15(2,3)26-14(22)17-7-10(8-17)27-16-12(20)11-5-4-9-6-18(11)13(21)19(9)28-29(23,24)25;15-9(12-20-7-3-11-4-7)8-2-1-6-5-13(8)10(16)14(6)21-22(17,18)19/h5-16H2,1-4H3;9-11H,4-8H2,1-3H3,(H,16,20)(H,23,24,25);6-8,11H,1-5H2,(H,12,15)(H,17,18,19)/q+1;;/t;9-,11+;6-,8+/m.11/s1. The molecular formula is C41H76N9O16S2+. The molecule has 25 nitrogen and oxygen atoms in total. The molecule has 6 fully saturated rings. The summed E-state index contributed by atoms with van der Waals surface area (Å²) in [5.41, 5.74) is 4.01. The maximum absolute atomic E-state index is 12.4. The van der Waals surface area contributed by atoms with Gasteiger partial charge in [-0.05, 0) is 72.1 Å². The number of hydroxylamine groups is 6. The van der Waals surface area contributed by atoms with Gasteiger partial charge in [0.05, 0.1) is 51.4 Å². The number of nitrogens with zero attached hydrogens (tertiary/aromatic N) is 6. The molecule has 68 heavy (non-hydrogen) atoms. The number of piperidine rings is 2. The summed E-state index contributed by atoms with van der Waals surface area (Å²) in [6.07, 6.45) is 11.4. The number of nitrogens with one attached hydrogen (secondary N) is 3. The number of hydrogen-bond donors (Lipinski definition) is 5. The molecule has 6 aliphatic rings. The average molecular weight is 1020 g/mol. The normalized spacial score (nSPS) is 23.0. The molecule has 0 unspecified atom stereocenters. The van der Waals surface area contributed by atoms with Crippen LogP contribution in [-0.2, 0) is 53.4 Å². The molecular weight excluding hydrogens is 939 g/mol. The van der Waals surface area contributed by atoms with E-state index in [4.69, 9.17) is 23.5 Å². The summed E-state index contributed by atoms with van der Waals surface area (Å²) in [6, 6.07) is -4.32. The number of urea groups is 2. The minimum atomic E-state index is -4.85. The fourth-order valence-electron chi connectivity index (χ4n) is 8.61. The fraction of sp³-hybridized carbons (Fsp3) is 0.878. The van der Waals surface area contributed by atoms with Crippen LogP contribution < -0.4 is 16.3 Å². The van der Waals surface area contributed by atoms with E-state index >= 15 is 0 Å². The van der Waals surface area contributed by atoms with E-state index in [0.29, 0.717) is 42.5 Å². The summed E-state index contributed by atoms with van der Waals surface area (Å²) in [6.45, 7) is 22.3. The summed E-state index contributed by atoms with van der Waals surface area (Å²) in [7, 11) is -9.64. The van der Waals surface area contributed by atoms with E-state index in [9.17, 15) is 40.8 Å². The Balaban J connectivity index is 0.000000232. The van der Waals surface area contributed by atoms with Crippen molar-refractivity contribution in [2.45, 2.75) is 167 Å². The third-order valence-electron chi connectivity index (χ3n) is 12.4. The van der Waals surface area contributed by atoms with Crippen molar-refractivity contribution in [2.75, 3.05) is 65.4 Å². The Labute approximate surface area is 401 Å². The number of rotatable bonds is 22. The van der Waals surface area contributed by atoms with Crippen molar-refractivity contribution in [3.8, 4) is 0 Å². The summed E-state index contributed by atoms with van der Waals surface area (Å²) in [5, 5.41) is 4.14. The Morgan fingerprint density at radius 3 is 1.35 bits per heavy atom. The fourth-order valence-corrected chi connectivity index (χ4v) is 9.38.